The van der Waals surface area contributed by atoms with Gasteiger partial charge in [0.05, 0.1) is 11.5 Å². The van der Waals surface area contributed by atoms with E-state index in [-0.39, 0.29) is 12.6 Å². The van der Waals surface area contributed by atoms with Crippen molar-refractivity contribution in [1.82, 2.24) is 5.32 Å². The summed E-state index contributed by atoms with van der Waals surface area (Å²) in [5.41, 5.74) is 0.195. The zero-order chi connectivity index (χ0) is 14.0. The molecule has 1 aliphatic heterocycles. The average molecular weight is 265 g/mol. The summed E-state index contributed by atoms with van der Waals surface area (Å²) in [7, 11) is 1.89. The van der Waals surface area contributed by atoms with Gasteiger partial charge in [-0.2, -0.15) is 0 Å². The Morgan fingerprint density at radius 1 is 1.58 bits per heavy atom. The highest BCUT2D eigenvalue weighted by molar-refractivity contribution is 5.73. The Labute approximate surface area is 112 Å². The Hall–Kier alpha value is -1.75. The predicted molar refractivity (Wildman–Crippen MR) is 70.6 cm³/mol. The summed E-state index contributed by atoms with van der Waals surface area (Å²) in [6.07, 6.45) is 0. The molecule has 0 radical (unpaired) electrons. The van der Waals surface area contributed by atoms with E-state index in [1.165, 1.54) is 0 Å². The summed E-state index contributed by atoms with van der Waals surface area (Å²) in [6, 6.07) is 5.81. The predicted octanol–water partition coefficient (Wildman–Crippen LogP) is 1.83. The minimum atomic E-state index is -0.909. The van der Waals surface area contributed by atoms with E-state index in [0.29, 0.717) is 12.4 Å². The molecule has 104 valence electrons. The molecule has 19 heavy (non-hydrogen) atoms. The Bertz CT molecular complexity index is 484. The lowest BCUT2D eigenvalue weighted by atomic mass is 9.95. The number of hydrogen-bond acceptors (Lipinski definition) is 4. The molecule has 1 aromatic rings. The van der Waals surface area contributed by atoms with Crippen molar-refractivity contribution in [3.8, 4) is 11.5 Å². The van der Waals surface area contributed by atoms with Crippen molar-refractivity contribution < 1.29 is 19.4 Å². The van der Waals surface area contributed by atoms with E-state index in [2.05, 4.69) is 5.32 Å². The molecule has 5 nitrogen and oxygen atoms in total. The molecular weight excluding hydrogens is 246 g/mol. The largest absolute Gasteiger partial charge is 0.492 e. The van der Waals surface area contributed by atoms with Crippen LogP contribution in [0.25, 0.3) is 0 Å². The zero-order valence-electron chi connectivity index (χ0n) is 11.4. The summed E-state index contributed by atoms with van der Waals surface area (Å²) in [4.78, 5) is 11.0. The van der Waals surface area contributed by atoms with Crippen molar-refractivity contribution in [1.29, 1.82) is 0 Å². The number of nitrogens with one attached hydrogen (secondary N) is 1. The molecule has 0 saturated heterocycles. The van der Waals surface area contributed by atoms with Gasteiger partial charge in [-0.15, -0.1) is 0 Å². The first-order valence-corrected chi connectivity index (χ1v) is 6.24. The zero-order valence-corrected chi connectivity index (χ0v) is 11.4. The van der Waals surface area contributed by atoms with Gasteiger partial charge in [0.1, 0.15) is 24.7 Å². The fourth-order valence-electron chi connectivity index (χ4n) is 1.84. The fraction of sp³-hybridized carbons (Fsp3) is 0.500. The topological polar surface area (TPSA) is 67.8 Å². The van der Waals surface area contributed by atoms with Crippen LogP contribution >= 0.6 is 0 Å². The Morgan fingerprint density at radius 2 is 2.32 bits per heavy atom. The third-order valence-corrected chi connectivity index (χ3v) is 3.29. The van der Waals surface area contributed by atoms with E-state index >= 15 is 0 Å². The van der Waals surface area contributed by atoms with Crippen LogP contribution in [0.15, 0.2) is 18.2 Å². The summed E-state index contributed by atoms with van der Waals surface area (Å²) in [5, 5.41) is 12.2. The molecule has 0 aliphatic carbocycles. The molecule has 0 spiro atoms. The summed E-state index contributed by atoms with van der Waals surface area (Å²) in [5.74, 6) is 0.551. The molecule has 1 heterocycles. The lowest BCUT2D eigenvalue weighted by molar-refractivity contribution is -0.148. The van der Waals surface area contributed by atoms with Gasteiger partial charge in [-0.25, -0.2) is 0 Å². The molecule has 0 aromatic heterocycles. The number of fused-ring (bicyclic) bond motifs is 1. The highest BCUT2D eigenvalue weighted by Crippen LogP contribution is 2.35. The van der Waals surface area contributed by atoms with Gasteiger partial charge in [0.15, 0.2) is 0 Å². The SMILES string of the molecule is CNC1COc2cc(OCC(C)(C)C(=O)O)ccc21. The number of ether oxygens (including phenoxy) is 2. The third kappa shape index (κ3) is 2.81. The van der Waals surface area contributed by atoms with Gasteiger partial charge in [-0.3, -0.25) is 4.79 Å². The minimum Gasteiger partial charge on any atom is -0.492 e. The Kier molecular flexibility index (Phi) is 3.66. The van der Waals surface area contributed by atoms with Crippen LogP contribution in [-0.4, -0.2) is 31.3 Å². The monoisotopic (exact) mass is 265 g/mol. The van der Waals surface area contributed by atoms with E-state index in [0.717, 1.165) is 11.3 Å². The fourth-order valence-corrected chi connectivity index (χ4v) is 1.84. The number of hydrogen-bond donors (Lipinski definition) is 2. The standard InChI is InChI=1S/C14H19NO4/c1-14(2,13(16)17)8-19-9-4-5-10-11(15-3)7-18-12(10)6-9/h4-6,11,15H,7-8H2,1-3H3,(H,16,17). The van der Waals surface area contributed by atoms with Gasteiger partial charge >= 0.3 is 5.97 Å². The number of benzene rings is 1. The molecular formula is C14H19NO4. The van der Waals surface area contributed by atoms with Crippen molar-refractivity contribution >= 4 is 5.97 Å². The maximum Gasteiger partial charge on any atom is 0.312 e. The summed E-state index contributed by atoms with van der Waals surface area (Å²) in [6.45, 7) is 4.00. The highest BCUT2D eigenvalue weighted by Gasteiger charge is 2.28. The van der Waals surface area contributed by atoms with Gasteiger partial charge in [-0.05, 0) is 33.0 Å². The van der Waals surface area contributed by atoms with Gasteiger partial charge in [0.25, 0.3) is 0 Å². The van der Waals surface area contributed by atoms with Crippen LogP contribution in [0.1, 0.15) is 25.5 Å². The maximum absolute atomic E-state index is 11.0. The van der Waals surface area contributed by atoms with E-state index in [1.807, 2.05) is 25.2 Å². The maximum atomic E-state index is 11.0. The van der Waals surface area contributed by atoms with Crippen LogP contribution in [0.3, 0.4) is 0 Å². The van der Waals surface area contributed by atoms with Crippen molar-refractivity contribution in [3.05, 3.63) is 23.8 Å². The Balaban J connectivity index is 2.06. The van der Waals surface area contributed by atoms with Crippen LogP contribution in [0.5, 0.6) is 11.5 Å². The second-order valence-corrected chi connectivity index (χ2v) is 5.33. The number of likely N-dealkylation sites (N-methyl/N-ethyl adjacent to an activating group) is 1. The number of carbonyl (C=O) groups is 1. The average Bonchev–Trinajstić information content (AvgIpc) is 2.78. The summed E-state index contributed by atoms with van der Waals surface area (Å²) < 4.78 is 11.1. The van der Waals surface area contributed by atoms with Crippen LogP contribution < -0.4 is 14.8 Å². The molecule has 0 amide bonds. The number of aliphatic carboxylic acids is 1. The van der Waals surface area contributed by atoms with Gasteiger partial charge in [0.2, 0.25) is 0 Å². The van der Waals surface area contributed by atoms with Crippen molar-refractivity contribution in [3.63, 3.8) is 0 Å². The second kappa shape index (κ2) is 5.09. The Morgan fingerprint density at radius 3 is 2.95 bits per heavy atom. The lowest BCUT2D eigenvalue weighted by Gasteiger charge is -2.19. The quantitative estimate of drug-likeness (QED) is 0.850. The summed E-state index contributed by atoms with van der Waals surface area (Å²) >= 11 is 0. The van der Waals surface area contributed by atoms with E-state index < -0.39 is 11.4 Å². The normalized spacial score (nSPS) is 17.7. The lowest BCUT2D eigenvalue weighted by Crippen LogP contribution is -2.30. The molecule has 1 aliphatic rings. The highest BCUT2D eigenvalue weighted by atomic mass is 16.5. The molecule has 2 rings (SSSR count). The van der Waals surface area contributed by atoms with Gasteiger partial charge < -0.3 is 19.9 Å². The molecule has 1 aromatic carbocycles. The minimum absolute atomic E-state index is 0.122. The first-order chi connectivity index (χ1) is 8.94. The van der Waals surface area contributed by atoms with Crippen molar-refractivity contribution in [2.75, 3.05) is 20.3 Å². The first-order valence-electron chi connectivity index (χ1n) is 6.24. The van der Waals surface area contributed by atoms with Crippen LogP contribution in [0.2, 0.25) is 0 Å². The molecule has 0 fully saturated rings. The van der Waals surface area contributed by atoms with Crippen molar-refractivity contribution in [2.24, 2.45) is 5.41 Å². The van der Waals surface area contributed by atoms with Crippen LogP contribution in [0, 0.1) is 5.41 Å². The molecule has 0 bridgehead atoms. The van der Waals surface area contributed by atoms with E-state index in [9.17, 15) is 4.79 Å². The smallest absolute Gasteiger partial charge is 0.312 e. The van der Waals surface area contributed by atoms with Gasteiger partial charge in [0, 0.05) is 11.6 Å². The van der Waals surface area contributed by atoms with E-state index in [1.54, 1.807) is 13.8 Å². The van der Waals surface area contributed by atoms with Crippen LogP contribution in [-0.2, 0) is 4.79 Å². The first kappa shape index (κ1) is 13.7. The third-order valence-electron chi connectivity index (χ3n) is 3.29. The van der Waals surface area contributed by atoms with E-state index in [4.69, 9.17) is 14.6 Å². The molecule has 1 unspecified atom stereocenters. The number of carboxylic acid groups (broad SMARTS) is 1. The number of rotatable bonds is 5. The molecule has 1 atom stereocenters. The van der Waals surface area contributed by atoms with Crippen molar-refractivity contribution in [2.45, 2.75) is 19.9 Å². The number of carboxylic acids is 1. The molecule has 0 saturated carbocycles. The molecule has 5 heteroatoms. The second-order valence-electron chi connectivity index (χ2n) is 5.33. The van der Waals surface area contributed by atoms with Crippen LogP contribution in [0.4, 0.5) is 0 Å². The molecule has 2 N–H and O–H groups in total. The van der Waals surface area contributed by atoms with Gasteiger partial charge in [-0.1, -0.05) is 0 Å².